The largest absolute Gasteiger partial charge is 0.310 e. The van der Waals surface area contributed by atoms with Crippen LogP contribution < -0.4 is 5.32 Å². The van der Waals surface area contributed by atoms with Crippen molar-refractivity contribution in [2.24, 2.45) is 7.05 Å². The zero-order chi connectivity index (χ0) is 13.1. The van der Waals surface area contributed by atoms with Gasteiger partial charge in [0.05, 0.1) is 15.9 Å². The molecule has 0 aromatic carbocycles. The molecule has 1 aromatic rings. The van der Waals surface area contributed by atoms with Crippen LogP contribution in [0.15, 0.2) is 4.47 Å². The molecule has 5 heteroatoms. The first-order valence-corrected chi connectivity index (χ1v) is 7.48. The Labute approximate surface area is 118 Å². The van der Waals surface area contributed by atoms with Gasteiger partial charge in [0.25, 0.3) is 0 Å². The normalized spacial score (nSPS) is 21.4. The minimum atomic E-state index is 0.687. The van der Waals surface area contributed by atoms with E-state index in [4.69, 9.17) is 0 Å². The van der Waals surface area contributed by atoms with E-state index in [0.29, 0.717) is 6.04 Å². The lowest BCUT2D eigenvalue weighted by molar-refractivity contribution is 0.181. The van der Waals surface area contributed by atoms with Gasteiger partial charge in [0.15, 0.2) is 0 Å². The molecule has 0 aliphatic carbocycles. The highest BCUT2D eigenvalue weighted by Crippen LogP contribution is 2.20. The summed E-state index contributed by atoms with van der Waals surface area (Å²) in [5.41, 5.74) is 2.29. The lowest BCUT2D eigenvalue weighted by Crippen LogP contribution is -2.43. The van der Waals surface area contributed by atoms with E-state index >= 15 is 0 Å². The van der Waals surface area contributed by atoms with E-state index in [1.807, 2.05) is 18.7 Å². The van der Waals surface area contributed by atoms with Gasteiger partial charge in [0.2, 0.25) is 0 Å². The third-order valence-electron chi connectivity index (χ3n) is 3.86. The molecule has 1 unspecified atom stereocenters. The Morgan fingerprint density at radius 3 is 2.78 bits per heavy atom. The Kier molecular flexibility index (Phi) is 4.81. The molecule has 1 N–H and O–H groups in total. The maximum Gasteiger partial charge on any atom is 0.0739 e. The number of halogens is 1. The maximum absolute atomic E-state index is 4.41. The van der Waals surface area contributed by atoms with E-state index < -0.39 is 0 Å². The Balaban J connectivity index is 1.84. The van der Waals surface area contributed by atoms with Crippen molar-refractivity contribution in [1.29, 1.82) is 0 Å². The van der Waals surface area contributed by atoms with Crippen molar-refractivity contribution in [2.75, 3.05) is 20.1 Å². The van der Waals surface area contributed by atoms with Crippen molar-refractivity contribution < 1.29 is 0 Å². The number of likely N-dealkylation sites (N-methyl/N-ethyl adjacent to an activating group) is 1. The Hall–Kier alpha value is -0.390. The van der Waals surface area contributed by atoms with Crippen molar-refractivity contribution in [2.45, 2.75) is 38.8 Å². The zero-order valence-electron chi connectivity index (χ0n) is 11.5. The molecule has 1 saturated heterocycles. The SMILES string of the molecule is Cc1nn(C)c(CNCC2CCCCN2C)c1Br. The average Bonchev–Trinajstić information content (AvgIpc) is 2.58. The van der Waals surface area contributed by atoms with Gasteiger partial charge in [0, 0.05) is 26.2 Å². The van der Waals surface area contributed by atoms with Crippen LogP contribution in [0.3, 0.4) is 0 Å². The molecule has 1 aliphatic heterocycles. The molecule has 2 heterocycles. The molecular weight excluding hydrogens is 292 g/mol. The van der Waals surface area contributed by atoms with Crippen LogP contribution in [0, 0.1) is 6.92 Å². The fourth-order valence-electron chi connectivity index (χ4n) is 2.63. The maximum atomic E-state index is 4.41. The van der Waals surface area contributed by atoms with Gasteiger partial charge >= 0.3 is 0 Å². The number of nitrogens with zero attached hydrogens (tertiary/aromatic N) is 3. The molecule has 4 nitrogen and oxygen atoms in total. The first kappa shape index (κ1) is 14.0. The molecule has 0 radical (unpaired) electrons. The minimum Gasteiger partial charge on any atom is -0.310 e. The summed E-state index contributed by atoms with van der Waals surface area (Å²) in [7, 11) is 4.23. The quantitative estimate of drug-likeness (QED) is 0.923. The van der Waals surface area contributed by atoms with Gasteiger partial charge in [-0.05, 0) is 49.3 Å². The van der Waals surface area contributed by atoms with E-state index in [1.54, 1.807) is 0 Å². The van der Waals surface area contributed by atoms with Crippen LogP contribution in [0.25, 0.3) is 0 Å². The molecule has 102 valence electrons. The van der Waals surface area contributed by atoms with Crippen LogP contribution in [0.1, 0.15) is 30.7 Å². The first-order valence-electron chi connectivity index (χ1n) is 6.68. The second-order valence-electron chi connectivity index (χ2n) is 5.23. The van der Waals surface area contributed by atoms with Gasteiger partial charge in [0.1, 0.15) is 0 Å². The van der Waals surface area contributed by atoms with Crippen molar-refractivity contribution >= 4 is 15.9 Å². The number of aryl methyl sites for hydroxylation is 2. The number of nitrogens with one attached hydrogen (secondary N) is 1. The smallest absolute Gasteiger partial charge is 0.0739 e. The molecule has 2 rings (SSSR count). The van der Waals surface area contributed by atoms with Crippen molar-refractivity contribution in [3.05, 3.63) is 15.9 Å². The molecule has 0 spiro atoms. The minimum absolute atomic E-state index is 0.687. The van der Waals surface area contributed by atoms with Gasteiger partial charge in [-0.25, -0.2) is 0 Å². The molecular formula is C13H23BrN4. The van der Waals surface area contributed by atoms with Gasteiger partial charge in [-0.2, -0.15) is 5.10 Å². The summed E-state index contributed by atoms with van der Waals surface area (Å²) >= 11 is 3.61. The van der Waals surface area contributed by atoms with Gasteiger partial charge in [-0.15, -0.1) is 0 Å². The highest BCUT2D eigenvalue weighted by atomic mass is 79.9. The summed E-state index contributed by atoms with van der Waals surface area (Å²) in [4.78, 5) is 2.47. The van der Waals surface area contributed by atoms with Crippen LogP contribution in [-0.4, -0.2) is 40.9 Å². The van der Waals surface area contributed by atoms with Gasteiger partial charge in [-0.3, -0.25) is 4.68 Å². The lowest BCUT2D eigenvalue weighted by atomic mass is 10.0. The first-order chi connectivity index (χ1) is 8.59. The van der Waals surface area contributed by atoms with Crippen LogP contribution in [0.2, 0.25) is 0 Å². The number of aromatic nitrogens is 2. The number of hydrogen-bond donors (Lipinski definition) is 1. The second kappa shape index (κ2) is 6.17. The summed E-state index contributed by atoms with van der Waals surface area (Å²) in [6.07, 6.45) is 4.03. The Morgan fingerprint density at radius 1 is 1.39 bits per heavy atom. The van der Waals surface area contributed by atoms with Crippen LogP contribution in [-0.2, 0) is 13.6 Å². The van der Waals surface area contributed by atoms with Crippen molar-refractivity contribution in [1.82, 2.24) is 20.0 Å². The van der Waals surface area contributed by atoms with E-state index in [0.717, 1.165) is 23.3 Å². The molecule has 0 bridgehead atoms. The number of likely N-dealkylation sites (tertiary alicyclic amines) is 1. The summed E-state index contributed by atoms with van der Waals surface area (Å²) in [6.45, 7) is 5.21. The van der Waals surface area contributed by atoms with Gasteiger partial charge in [-0.1, -0.05) is 6.42 Å². The average molecular weight is 315 g/mol. The third-order valence-corrected chi connectivity index (χ3v) is 4.89. The molecule has 1 fully saturated rings. The standard InChI is InChI=1S/C13H23BrN4/c1-10-13(14)12(18(3)16-10)9-15-8-11-6-4-5-7-17(11)2/h11,15H,4-9H2,1-3H3. The summed E-state index contributed by atoms with van der Waals surface area (Å²) in [5.74, 6) is 0. The van der Waals surface area contributed by atoms with Crippen LogP contribution in [0.4, 0.5) is 0 Å². The summed E-state index contributed by atoms with van der Waals surface area (Å²) in [6, 6.07) is 0.687. The molecule has 0 saturated carbocycles. The van der Waals surface area contributed by atoms with Crippen LogP contribution >= 0.6 is 15.9 Å². The fourth-order valence-corrected chi connectivity index (χ4v) is 3.11. The highest BCUT2D eigenvalue weighted by Gasteiger charge is 2.18. The number of piperidine rings is 1. The zero-order valence-corrected chi connectivity index (χ0v) is 13.1. The van der Waals surface area contributed by atoms with Crippen molar-refractivity contribution in [3.8, 4) is 0 Å². The second-order valence-corrected chi connectivity index (χ2v) is 6.02. The fraction of sp³-hybridized carbons (Fsp3) is 0.769. The number of hydrogen-bond acceptors (Lipinski definition) is 3. The number of rotatable bonds is 4. The summed E-state index contributed by atoms with van der Waals surface area (Å²) < 4.78 is 3.09. The predicted octanol–water partition coefficient (Wildman–Crippen LogP) is 2.06. The predicted molar refractivity (Wildman–Crippen MR) is 77.6 cm³/mol. The van der Waals surface area contributed by atoms with Crippen LogP contribution in [0.5, 0.6) is 0 Å². The highest BCUT2D eigenvalue weighted by molar-refractivity contribution is 9.10. The topological polar surface area (TPSA) is 33.1 Å². The van der Waals surface area contributed by atoms with Gasteiger partial charge < -0.3 is 10.2 Å². The summed E-state index contributed by atoms with van der Waals surface area (Å²) in [5, 5.41) is 7.97. The molecule has 18 heavy (non-hydrogen) atoms. The Morgan fingerprint density at radius 2 is 2.17 bits per heavy atom. The van der Waals surface area contributed by atoms with E-state index in [-0.39, 0.29) is 0 Å². The monoisotopic (exact) mass is 314 g/mol. The molecule has 1 aromatic heterocycles. The van der Waals surface area contributed by atoms with E-state index in [2.05, 4.69) is 38.3 Å². The third kappa shape index (κ3) is 3.13. The van der Waals surface area contributed by atoms with E-state index in [9.17, 15) is 0 Å². The van der Waals surface area contributed by atoms with Crippen molar-refractivity contribution in [3.63, 3.8) is 0 Å². The molecule has 0 amide bonds. The molecule has 1 aliphatic rings. The lowest BCUT2D eigenvalue weighted by Gasteiger charge is -2.32. The van der Waals surface area contributed by atoms with E-state index in [1.165, 1.54) is 31.5 Å². The Bertz CT molecular complexity index is 402. The molecule has 1 atom stereocenters.